The van der Waals surface area contributed by atoms with Crippen molar-refractivity contribution in [3.8, 4) is 0 Å². The van der Waals surface area contributed by atoms with Gasteiger partial charge in [0.2, 0.25) is 0 Å². The molecule has 0 heterocycles. The van der Waals surface area contributed by atoms with Crippen molar-refractivity contribution in [1.82, 2.24) is 5.32 Å². The molecule has 0 radical (unpaired) electrons. The molecule has 0 aromatic heterocycles. The molecular weight excluding hydrogens is 244 g/mol. The summed E-state index contributed by atoms with van der Waals surface area (Å²) in [6.07, 6.45) is 0. The number of hydrogen-bond donors (Lipinski definition) is 1. The van der Waals surface area contributed by atoms with Gasteiger partial charge in [0.1, 0.15) is 0 Å². The second kappa shape index (κ2) is 5.94. The van der Waals surface area contributed by atoms with E-state index in [2.05, 4.69) is 63.2 Å². The smallest absolute Gasteiger partial charge is 0.0642 e. The summed E-state index contributed by atoms with van der Waals surface area (Å²) < 4.78 is 0. The van der Waals surface area contributed by atoms with Gasteiger partial charge < -0.3 is 10.2 Å². The van der Waals surface area contributed by atoms with Crippen LogP contribution in [0.15, 0.2) is 18.2 Å². The number of nitrogens with zero attached hydrogens (tertiary/aromatic N) is 1. The minimum atomic E-state index is 0.259. The van der Waals surface area contributed by atoms with Crippen molar-refractivity contribution in [3.05, 3.63) is 28.8 Å². The largest absolute Gasteiger partial charge is 0.373 e. The molecule has 0 bridgehead atoms. The second-order valence-electron chi connectivity index (χ2n) is 6.14. The van der Waals surface area contributed by atoms with Gasteiger partial charge in [-0.2, -0.15) is 0 Å². The molecule has 0 aliphatic rings. The van der Waals surface area contributed by atoms with Gasteiger partial charge in [0.15, 0.2) is 0 Å². The lowest BCUT2D eigenvalue weighted by atomic mass is 9.96. The summed E-state index contributed by atoms with van der Waals surface area (Å²) in [5, 5.41) is 4.04. The fraction of sp³-hybridized carbons (Fsp3) is 0.600. The van der Waals surface area contributed by atoms with Crippen molar-refractivity contribution < 1.29 is 0 Å². The molecule has 1 aromatic rings. The fourth-order valence-corrected chi connectivity index (χ4v) is 2.40. The quantitative estimate of drug-likeness (QED) is 0.884. The van der Waals surface area contributed by atoms with Gasteiger partial charge in [-0.15, -0.1) is 0 Å². The van der Waals surface area contributed by atoms with Crippen LogP contribution in [0.4, 0.5) is 5.69 Å². The molecule has 2 nitrogen and oxygen atoms in total. The minimum Gasteiger partial charge on any atom is -0.373 e. The molecule has 0 amide bonds. The van der Waals surface area contributed by atoms with E-state index in [4.69, 9.17) is 11.6 Å². The maximum atomic E-state index is 6.38. The van der Waals surface area contributed by atoms with Crippen LogP contribution >= 0.6 is 11.6 Å². The molecule has 1 rings (SSSR count). The van der Waals surface area contributed by atoms with Gasteiger partial charge in [-0.05, 0) is 37.1 Å². The lowest BCUT2D eigenvalue weighted by Gasteiger charge is -2.29. The normalized spacial score (nSPS) is 13.5. The van der Waals surface area contributed by atoms with Gasteiger partial charge in [0, 0.05) is 19.6 Å². The van der Waals surface area contributed by atoms with Crippen LogP contribution in [0.5, 0.6) is 0 Å². The van der Waals surface area contributed by atoms with Gasteiger partial charge in [-0.1, -0.05) is 38.4 Å². The predicted molar refractivity (Wildman–Crippen MR) is 81.7 cm³/mol. The molecule has 1 N–H and O–H groups in total. The molecule has 3 heteroatoms. The van der Waals surface area contributed by atoms with E-state index in [1.165, 1.54) is 5.56 Å². The Bertz CT molecular complexity index is 396. The summed E-state index contributed by atoms with van der Waals surface area (Å²) in [5.41, 5.74) is 2.57. The van der Waals surface area contributed by atoms with Crippen molar-refractivity contribution in [1.29, 1.82) is 0 Å². The molecule has 18 heavy (non-hydrogen) atoms. The van der Waals surface area contributed by atoms with Crippen molar-refractivity contribution in [2.24, 2.45) is 5.41 Å². The molecule has 0 aliphatic heterocycles. The van der Waals surface area contributed by atoms with Gasteiger partial charge in [0.25, 0.3) is 0 Å². The van der Waals surface area contributed by atoms with E-state index in [-0.39, 0.29) is 5.41 Å². The van der Waals surface area contributed by atoms with E-state index < -0.39 is 0 Å². The highest BCUT2D eigenvalue weighted by molar-refractivity contribution is 6.33. The SMILES string of the molecule is CNC(C)c1ccc(N(C)CC(C)(C)C)c(Cl)c1. The summed E-state index contributed by atoms with van der Waals surface area (Å²) in [7, 11) is 4.05. The molecule has 1 aromatic carbocycles. The van der Waals surface area contributed by atoms with Crippen LogP contribution in [0.2, 0.25) is 5.02 Å². The first-order chi connectivity index (χ1) is 8.24. The number of hydrogen-bond acceptors (Lipinski definition) is 2. The molecule has 0 spiro atoms. The maximum Gasteiger partial charge on any atom is 0.0642 e. The third-order valence-electron chi connectivity index (χ3n) is 3.03. The lowest BCUT2D eigenvalue weighted by Crippen LogP contribution is -2.29. The lowest BCUT2D eigenvalue weighted by molar-refractivity contribution is 0.419. The van der Waals surface area contributed by atoms with Crippen LogP contribution in [0.25, 0.3) is 0 Å². The van der Waals surface area contributed by atoms with Crippen LogP contribution in [-0.2, 0) is 0 Å². The highest BCUT2D eigenvalue weighted by Gasteiger charge is 2.16. The van der Waals surface area contributed by atoms with Crippen molar-refractivity contribution in [2.75, 3.05) is 25.5 Å². The van der Waals surface area contributed by atoms with E-state index in [9.17, 15) is 0 Å². The van der Waals surface area contributed by atoms with Crippen molar-refractivity contribution in [2.45, 2.75) is 33.7 Å². The summed E-state index contributed by atoms with van der Waals surface area (Å²) in [5.74, 6) is 0. The summed E-state index contributed by atoms with van der Waals surface area (Å²) >= 11 is 6.38. The Kier molecular flexibility index (Phi) is 5.06. The number of anilines is 1. The van der Waals surface area contributed by atoms with Crippen LogP contribution in [-0.4, -0.2) is 20.6 Å². The first kappa shape index (κ1) is 15.3. The van der Waals surface area contributed by atoms with Gasteiger partial charge in [-0.25, -0.2) is 0 Å². The van der Waals surface area contributed by atoms with E-state index in [1.807, 2.05) is 7.05 Å². The number of benzene rings is 1. The Balaban J connectivity index is 2.92. The number of rotatable bonds is 4. The minimum absolute atomic E-state index is 0.259. The van der Waals surface area contributed by atoms with Gasteiger partial charge >= 0.3 is 0 Å². The molecule has 0 saturated carbocycles. The molecule has 0 fully saturated rings. The molecule has 102 valence electrons. The van der Waals surface area contributed by atoms with Gasteiger partial charge in [0.05, 0.1) is 10.7 Å². The molecular formula is C15H25ClN2. The Morgan fingerprint density at radius 3 is 2.39 bits per heavy atom. The third-order valence-corrected chi connectivity index (χ3v) is 3.33. The predicted octanol–water partition coefficient (Wildman–Crippen LogP) is 4.10. The van der Waals surface area contributed by atoms with Crippen molar-refractivity contribution in [3.63, 3.8) is 0 Å². The second-order valence-corrected chi connectivity index (χ2v) is 6.55. The van der Waals surface area contributed by atoms with Crippen molar-refractivity contribution >= 4 is 17.3 Å². The van der Waals surface area contributed by atoms with E-state index in [1.54, 1.807) is 0 Å². The molecule has 0 saturated heterocycles. The van der Waals surface area contributed by atoms with Gasteiger partial charge in [-0.3, -0.25) is 0 Å². The average molecular weight is 269 g/mol. The Morgan fingerprint density at radius 1 is 1.33 bits per heavy atom. The molecule has 0 aliphatic carbocycles. The van der Waals surface area contributed by atoms with E-state index in [0.29, 0.717) is 6.04 Å². The zero-order chi connectivity index (χ0) is 13.9. The summed E-state index contributed by atoms with van der Waals surface area (Å²) in [6.45, 7) is 9.80. The standard InChI is InChI=1S/C15H25ClN2/c1-11(17-5)12-7-8-14(13(16)9-12)18(6)10-15(2,3)4/h7-9,11,17H,10H2,1-6H3. The monoisotopic (exact) mass is 268 g/mol. The van der Waals surface area contributed by atoms with Crippen LogP contribution in [0.1, 0.15) is 39.3 Å². The zero-order valence-corrected chi connectivity index (χ0v) is 13.1. The summed E-state index contributed by atoms with van der Waals surface area (Å²) in [6, 6.07) is 6.63. The highest BCUT2D eigenvalue weighted by atomic mass is 35.5. The van der Waals surface area contributed by atoms with E-state index >= 15 is 0 Å². The molecule has 1 unspecified atom stereocenters. The van der Waals surface area contributed by atoms with Crippen LogP contribution < -0.4 is 10.2 Å². The topological polar surface area (TPSA) is 15.3 Å². The average Bonchev–Trinajstić information content (AvgIpc) is 2.25. The Hall–Kier alpha value is -0.730. The van der Waals surface area contributed by atoms with Crippen LogP contribution in [0.3, 0.4) is 0 Å². The van der Waals surface area contributed by atoms with Crippen LogP contribution in [0, 0.1) is 5.41 Å². The first-order valence-corrected chi connectivity index (χ1v) is 6.80. The summed E-state index contributed by atoms with van der Waals surface area (Å²) in [4.78, 5) is 2.22. The fourth-order valence-electron chi connectivity index (χ4n) is 2.07. The highest BCUT2D eigenvalue weighted by Crippen LogP contribution is 2.30. The zero-order valence-electron chi connectivity index (χ0n) is 12.3. The third kappa shape index (κ3) is 4.18. The number of halogens is 1. The van der Waals surface area contributed by atoms with E-state index in [0.717, 1.165) is 17.3 Å². The Labute approximate surface area is 116 Å². The number of nitrogens with one attached hydrogen (secondary N) is 1. The first-order valence-electron chi connectivity index (χ1n) is 6.42. The molecule has 1 atom stereocenters. The Morgan fingerprint density at radius 2 is 1.94 bits per heavy atom. The maximum absolute atomic E-state index is 6.38.